The Morgan fingerprint density at radius 1 is 0.833 bits per heavy atom. The summed E-state index contributed by atoms with van der Waals surface area (Å²) in [6, 6.07) is 0. The Kier molecular flexibility index (Phi) is 12.7. The third-order valence-corrected chi connectivity index (χ3v) is 5.21. The van der Waals surface area contributed by atoms with Gasteiger partial charge in [0.15, 0.2) is 12.4 Å². The van der Waals surface area contributed by atoms with Crippen molar-refractivity contribution in [2.24, 2.45) is 5.92 Å². The van der Waals surface area contributed by atoms with Crippen molar-refractivity contribution in [3.63, 3.8) is 0 Å². The van der Waals surface area contributed by atoms with Crippen LogP contribution in [0.1, 0.15) is 54.4 Å². The van der Waals surface area contributed by atoms with Crippen molar-refractivity contribution in [3.05, 3.63) is 0 Å². The lowest BCUT2D eigenvalue weighted by Crippen LogP contribution is -2.58. The number of halogens is 1. The molecule has 0 spiro atoms. The molecule has 0 radical (unpaired) electrons. The molecule has 1 saturated heterocycles. The van der Waals surface area contributed by atoms with Gasteiger partial charge in [-0.3, -0.25) is 14.4 Å². The van der Waals surface area contributed by atoms with Crippen molar-refractivity contribution < 1.29 is 61.5 Å². The Morgan fingerprint density at radius 3 is 1.83 bits per heavy atom. The molecule has 1 aliphatic heterocycles. The molecule has 12 nitrogen and oxygen atoms in total. The van der Waals surface area contributed by atoms with Crippen LogP contribution < -0.4 is 0 Å². The lowest BCUT2D eigenvalue weighted by Gasteiger charge is -2.43. The van der Waals surface area contributed by atoms with E-state index < -0.39 is 72.5 Å². The van der Waals surface area contributed by atoms with E-state index in [1.54, 1.807) is 6.92 Å². The lowest BCUT2D eigenvalue weighted by atomic mass is 9.90. The number of carbonyl (C=O) groups is 5. The third kappa shape index (κ3) is 9.01. The first kappa shape index (κ1) is 31.2. The summed E-state index contributed by atoms with van der Waals surface area (Å²) in [5.41, 5.74) is -3.04. The van der Waals surface area contributed by atoms with Gasteiger partial charge < -0.3 is 33.2 Å². The van der Waals surface area contributed by atoms with E-state index in [-0.39, 0.29) is 32.8 Å². The Balaban J connectivity index is 3.02. The van der Waals surface area contributed by atoms with Gasteiger partial charge in [0, 0.05) is 33.1 Å². The summed E-state index contributed by atoms with van der Waals surface area (Å²) < 4.78 is 51.8. The van der Waals surface area contributed by atoms with Crippen LogP contribution in [0.2, 0.25) is 0 Å². The molecule has 0 saturated carbocycles. The minimum atomic E-state index is -3.04. The fourth-order valence-corrected chi connectivity index (χ4v) is 3.54. The minimum absolute atomic E-state index is 0.139. The summed E-state index contributed by atoms with van der Waals surface area (Å²) in [4.78, 5) is 58.9. The van der Waals surface area contributed by atoms with E-state index in [1.807, 2.05) is 0 Å². The van der Waals surface area contributed by atoms with E-state index in [4.69, 9.17) is 23.7 Å². The minimum Gasteiger partial charge on any atom is -0.463 e. The van der Waals surface area contributed by atoms with Crippen LogP contribution in [0.15, 0.2) is 0 Å². The van der Waals surface area contributed by atoms with E-state index in [0.717, 1.165) is 6.92 Å². The molecule has 1 aliphatic rings. The number of ether oxygens (including phenoxy) is 7. The molecule has 206 valence electrons. The molecule has 0 aromatic carbocycles. The summed E-state index contributed by atoms with van der Waals surface area (Å²) in [5, 5.41) is 0. The fraction of sp³-hybridized carbons (Fsp3) is 0.783. The monoisotopic (exact) mass is 522 g/mol. The van der Waals surface area contributed by atoms with Crippen molar-refractivity contribution in [1.82, 2.24) is 0 Å². The van der Waals surface area contributed by atoms with E-state index in [9.17, 15) is 24.0 Å². The van der Waals surface area contributed by atoms with Crippen molar-refractivity contribution in [2.45, 2.75) is 84.7 Å². The Morgan fingerprint density at radius 2 is 1.36 bits per heavy atom. The first-order chi connectivity index (χ1) is 16.9. The zero-order valence-corrected chi connectivity index (χ0v) is 21.4. The SMILES string of the molecule is CCOC(=O)C(F)(CCCOC1O[C@H](COC(C)=O)[C@@H](C)[C@H](OC(C)=O)[C@@H]1OC(C)=O)C(=O)OCC. The highest BCUT2D eigenvalue weighted by Gasteiger charge is 2.51. The second kappa shape index (κ2) is 14.7. The van der Waals surface area contributed by atoms with Gasteiger partial charge in [-0.1, -0.05) is 6.92 Å². The number of esters is 5. The van der Waals surface area contributed by atoms with Gasteiger partial charge >= 0.3 is 35.5 Å². The van der Waals surface area contributed by atoms with Crippen LogP contribution in [0.4, 0.5) is 4.39 Å². The maximum absolute atomic E-state index is 15.3. The Bertz CT molecular complexity index is 767. The molecule has 1 heterocycles. The first-order valence-electron chi connectivity index (χ1n) is 11.7. The molecule has 0 bridgehead atoms. The zero-order chi connectivity index (χ0) is 27.5. The van der Waals surface area contributed by atoms with E-state index in [0.29, 0.717) is 0 Å². The number of alkyl halides is 1. The Hall–Kier alpha value is -2.80. The predicted molar refractivity (Wildman–Crippen MR) is 118 cm³/mol. The molecule has 1 unspecified atom stereocenters. The molecule has 5 atom stereocenters. The van der Waals surface area contributed by atoms with Crippen molar-refractivity contribution in [2.75, 3.05) is 26.4 Å². The van der Waals surface area contributed by atoms with Crippen molar-refractivity contribution in [1.29, 1.82) is 0 Å². The second-order valence-corrected chi connectivity index (χ2v) is 8.07. The summed E-state index contributed by atoms with van der Waals surface area (Å²) in [6.07, 6.45) is -5.08. The number of hydrogen-bond acceptors (Lipinski definition) is 12. The van der Waals surface area contributed by atoms with E-state index >= 15 is 4.39 Å². The van der Waals surface area contributed by atoms with Gasteiger partial charge in [-0.25, -0.2) is 14.0 Å². The molecular weight excluding hydrogens is 487 g/mol. The molecule has 1 rings (SSSR count). The molecule has 0 amide bonds. The first-order valence-corrected chi connectivity index (χ1v) is 11.7. The summed E-state index contributed by atoms with van der Waals surface area (Å²) in [5.74, 6) is -5.23. The molecule has 1 fully saturated rings. The lowest BCUT2D eigenvalue weighted by molar-refractivity contribution is -0.294. The van der Waals surface area contributed by atoms with Gasteiger partial charge in [-0.15, -0.1) is 0 Å². The molecule has 0 aliphatic carbocycles. The largest absolute Gasteiger partial charge is 0.463 e. The average molecular weight is 523 g/mol. The molecule has 36 heavy (non-hydrogen) atoms. The van der Waals surface area contributed by atoms with Crippen molar-refractivity contribution >= 4 is 29.8 Å². The number of rotatable bonds is 13. The van der Waals surface area contributed by atoms with Gasteiger partial charge in [0.2, 0.25) is 0 Å². The predicted octanol–water partition coefficient (Wildman–Crippen LogP) is 1.41. The number of carbonyl (C=O) groups excluding carboxylic acids is 5. The maximum Gasteiger partial charge on any atom is 0.355 e. The maximum atomic E-state index is 15.3. The normalized spacial score (nSPS) is 23.8. The van der Waals surface area contributed by atoms with Gasteiger partial charge in [-0.05, 0) is 20.3 Å². The Labute approximate surface area is 209 Å². The van der Waals surface area contributed by atoms with Gasteiger partial charge in [-0.2, -0.15) is 0 Å². The molecule has 0 N–H and O–H groups in total. The highest BCUT2D eigenvalue weighted by atomic mass is 19.1. The van der Waals surface area contributed by atoms with Crippen LogP contribution in [-0.2, 0) is 57.1 Å². The van der Waals surface area contributed by atoms with E-state index in [2.05, 4.69) is 9.47 Å². The molecule has 13 heteroatoms. The topological polar surface area (TPSA) is 150 Å². The smallest absolute Gasteiger partial charge is 0.355 e. The van der Waals surface area contributed by atoms with Crippen LogP contribution in [0.3, 0.4) is 0 Å². The zero-order valence-electron chi connectivity index (χ0n) is 21.4. The highest BCUT2D eigenvalue weighted by molar-refractivity contribution is 6.03. The third-order valence-electron chi connectivity index (χ3n) is 5.21. The highest BCUT2D eigenvalue weighted by Crippen LogP contribution is 2.32. The fourth-order valence-electron chi connectivity index (χ4n) is 3.54. The number of hydrogen-bond donors (Lipinski definition) is 0. The standard InChI is InChI=1S/C23H35FO12/c1-7-30-21(28)23(24,22(29)31-8-2)10-9-11-32-20-19(35-16(6)27)18(34-15(5)26)13(3)17(36-20)12-33-14(4)25/h13,17-20H,7-12H2,1-6H3/t13-,17-,18+,19+,20?/m1/s1. The van der Waals surface area contributed by atoms with Crippen LogP contribution in [-0.4, -0.2) is 86.5 Å². The van der Waals surface area contributed by atoms with Crippen LogP contribution in [0, 0.1) is 5.92 Å². The van der Waals surface area contributed by atoms with Gasteiger partial charge in [0.05, 0.1) is 19.8 Å². The summed E-state index contributed by atoms with van der Waals surface area (Å²) in [6.45, 7) is 7.40. The van der Waals surface area contributed by atoms with E-state index in [1.165, 1.54) is 27.7 Å². The van der Waals surface area contributed by atoms with Gasteiger partial charge in [0.25, 0.3) is 0 Å². The van der Waals surface area contributed by atoms with Crippen LogP contribution in [0.25, 0.3) is 0 Å². The molecule has 0 aromatic rings. The summed E-state index contributed by atoms with van der Waals surface area (Å²) >= 11 is 0. The molecule has 0 aromatic heterocycles. The van der Waals surface area contributed by atoms with Crippen molar-refractivity contribution in [3.8, 4) is 0 Å². The van der Waals surface area contributed by atoms with Crippen LogP contribution in [0.5, 0.6) is 0 Å². The summed E-state index contributed by atoms with van der Waals surface area (Å²) in [7, 11) is 0. The average Bonchev–Trinajstić information content (AvgIpc) is 2.78. The van der Waals surface area contributed by atoms with Crippen LogP contribution >= 0.6 is 0 Å². The quantitative estimate of drug-likeness (QED) is 0.149. The molecular formula is C23H35FO12. The second-order valence-electron chi connectivity index (χ2n) is 8.07. The van der Waals surface area contributed by atoms with Gasteiger partial charge in [0.1, 0.15) is 18.8 Å².